The van der Waals surface area contributed by atoms with E-state index in [1.807, 2.05) is 32.0 Å². The van der Waals surface area contributed by atoms with Gasteiger partial charge in [0, 0.05) is 0 Å². The maximum absolute atomic E-state index is 8.99. The molecular formula is C30H35Cl2OTi. The zero-order valence-electron chi connectivity index (χ0n) is 20.6. The maximum atomic E-state index is 8.99. The molecule has 0 heterocycles. The van der Waals surface area contributed by atoms with E-state index in [-0.39, 0.29) is 24.8 Å². The molecule has 4 rings (SSSR count). The minimum absolute atomic E-state index is 0. The molecule has 0 fully saturated rings. The van der Waals surface area contributed by atoms with Gasteiger partial charge in [0.05, 0.1) is 0 Å². The Labute approximate surface area is 229 Å². The van der Waals surface area contributed by atoms with Crippen LogP contribution in [0.5, 0.6) is 5.75 Å². The van der Waals surface area contributed by atoms with Crippen LogP contribution in [-0.2, 0) is 20.0 Å². The number of phenols is 1. The summed E-state index contributed by atoms with van der Waals surface area (Å²) in [5.74, 6) is 0.354. The molecule has 0 aliphatic heterocycles. The number of phenolic OH excluding ortho intramolecular Hbond substituents is 1. The fraction of sp³-hybridized carbons (Fsp3) is 0.233. The molecule has 3 aromatic carbocycles. The number of aryl methyl sites for hydroxylation is 2. The first-order chi connectivity index (χ1) is 15.2. The van der Waals surface area contributed by atoms with Gasteiger partial charge in [0.25, 0.3) is 0 Å². The van der Waals surface area contributed by atoms with Crippen LogP contribution in [-0.4, -0.2) is 8.92 Å². The standard InChI is InChI=1S/C13H10.C9H13.C8H10O.2ClH.Ti/c1-3-7-12(8-4-1)11-13-9-5-2-6-10-13;1-9(2,3)8-6-4-5-7-8;1-6-3-7(2)5-8(9)4-6;;;/h1-10H;4,6H,5H2,1-3H3;3-5,9H,1-2H3;2*1H;/q;-1;;;;+1. The van der Waals surface area contributed by atoms with Crippen LogP contribution in [0.15, 0.2) is 96.6 Å². The van der Waals surface area contributed by atoms with Crippen molar-refractivity contribution >= 4 is 28.6 Å². The van der Waals surface area contributed by atoms with E-state index in [0.717, 1.165) is 17.5 Å². The van der Waals surface area contributed by atoms with Crippen molar-refractivity contribution in [1.29, 1.82) is 0 Å². The van der Waals surface area contributed by atoms with E-state index in [4.69, 9.17) is 5.11 Å². The van der Waals surface area contributed by atoms with Crippen LogP contribution in [0.3, 0.4) is 0 Å². The first kappa shape index (κ1) is 32.1. The number of benzene rings is 3. The van der Waals surface area contributed by atoms with Crippen molar-refractivity contribution in [3.05, 3.63) is 125 Å². The quantitative estimate of drug-likeness (QED) is 0.261. The van der Waals surface area contributed by atoms with Gasteiger partial charge >= 0.3 is 95.6 Å². The predicted octanol–water partition coefficient (Wildman–Crippen LogP) is 8.38. The van der Waals surface area contributed by atoms with E-state index in [9.17, 15) is 0 Å². The molecule has 34 heavy (non-hydrogen) atoms. The number of hydrogen-bond donors (Lipinski definition) is 1. The number of allylic oxidation sites excluding steroid dienone is 4. The molecule has 0 radical (unpaired) electrons. The van der Waals surface area contributed by atoms with E-state index in [0.29, 0.717) is 11.2 Å². The van der Waals surface area contributed by atoms with Crippen molar-refractivity contribution in [2.45, 2.75) is 41.0 Å². The zero-order chi connectivity index (χ0) is 23.6. The van der Waals surface area contributed by atoms with E-state index in [2.05, 4.69) is 108 Å². The van der Waals surface area contributed by atoms with Gasteiger partial charge in [-0.2, -0.15) is 6.08 Å². The van der Waals surface area contributed by atoms with Crippen LogP contribution in [0.2, 0.25) is 0 Å². The Bertz CT molecular complexity index is 974. The fourth-order valence-corrected chi connectivity index (χ4v) is 3.77. The van der Waals surface area contributed by atoms with Crippen LogP contribution in [0, 0.1) is 25.3 Å². The van der Waals surface area contributed by atoms with Crippen LogP contribution < -0.4 is 0 Å². The second-order valence-corrected chi connectivity index (χ2v) is 9.68. The van der Waals surface area contributed by atoms with Gasteiger partial charge in [-0.3, -0.25) is 6.08 Å². The molecule has 0 saturated carbocycles. The van der Waals surface area contributed by atoms with Crippen LogP contribution in [0.1, 0.15) is 49.4 Å². The first-order valence-corrected chi connectivity index (χ1v) is 11.7. The van der Waals surface area contributed by atoms with Crippen molar-refractivity contribution in [2.75, 3.05) is 0 Å². The van der Waals surface area contributed by atoms with Crippen molar-refractivity contribution in [3.8, 4) is 5.75 Å². The molecule has 0 aromatic heterocycles. The molecule has 179 valence electrons. The van der Waals surface area contributed by atoms with E-state index in [1.165, 1.54) is 20.5 Å². The van der Waals surface area contributed by atoms with Crippen LogP contribution in [0.4, 0.5) is 0 Å². The molecule has 0 spiro atoms. The van der Waals surface area contributed by atoms with Gasteiger partial charge < -0.3 is 5.11 Å². The number of rotatable bonds is 2. The molecule has 0 unspecified atom stereocenters. The van der Waals surface area contributed by atoms with Crippen LogP contribution >= 0.6 is 24.8 Å². The van der Waals surface area contributed by atoms with Crippen LogP contribution in [0.25, 0.3) is 0 Å². The number of halogens is 2. The summed E-state index contributed by atoms with van der Waals surface area (Å²) in [6.45, 7) is 10.6. The zero-order valence-corrected chi connectivity index (χ0v) is 23.8. The fourth-order valence-electron chi connectivity index (χ4n) is 3.25. The Morgan fingerprint density at radius 1 is 0.794 bits per heavy atom. The van der Waals surface area contributed by atoms with Gasteiger partial charge in [0.2, 0.25) is 0 Å². The summed E-state index contributed by atoms with van der Waals surface area (Å²) in [4.78, 5) is 0. The molecule has 0 amide bonds. The molecule has 3 aromatic rings. The third-order valence-corrected chi connectivity index (χ3v) is 5.74. The molecule has 0 saturated heterocycles. The van der Waals surface area contributed by atoms with Crippen molar-refractivity contribution in [1.82, 2.24) is 0 Å². The summed E-state index contributed by atoms with van der Waals surface area (Å²) in [6.07, 6.45) is 8.63. The third kappa shape index (κ3) is 11.5. The second kappa shape index (κ2) is 15.9. The minimum atomic E-state index is 0. The molecule has 1 N–H and O–H groups in total. The molecule has 0 bridgehead atoms. The molecule has 0 atom stereocenters. The van der Waals surface area contributed by atoms with Gasteiger partial charge in [-0.05, 0) is 42.5 Å². The van der Waals surface area contributed by atoms with Crippen molar-refractivity contribution < 1.29 is 25.1 Å². The molecule has 1 aliphatic rings. The molecule has 1 nitrogen and oxygen atoms in total. The Kier molecular flexibility index (Phi) is 15.0. The van der Waals surface area contributed by atoms with E-state index >= 15 is 0 Å². The first-order valence-electron chi connectivity index (χ1n) is 10.9. The summed E-state index contributed by atoms with van der Waals surface area (Å²) in [5, 5.41) is 8.99. The Balaban J connectivity index is 0.000000485. The Morgan fingerprint density at radius 3 is 1.53 bits per heavy atom. The average Bonchev–Trinajstić information content (AvgIpc) is 3.30. The van der Waals surface area contributed by atoms with Gasteiger partial charge in [-0.25, -0.2) is 11.6 Å². The SMILES string of the molecule is CC(C)(C)C1=[C-]CC=C1.Cc1cc(C)cc(O)c1.Cl.Cl.[Ti+]=[C](c1ccccc1)c1ccccc1. The number of hydrogen-bond acceptors (Lipinski definition) is 1. The van der Waals surface area contributed by atoms with Crippen molar-refractivity contribution in [3.63, 3.8) is 0 Å². The molecule has 4 heteroatoms. The summed E-state index contributed by atoms with van der Waals surface area (Å²) < 4.78 is 1.33. The molecule has 1 aliphatic carbocycles. The van der Waals surface area contributed by atoms with Gasteiger partial charge in [0.1, 0.15) is 5.75 Å². The third-order valence-electron chi connectivity index (χ3n) is 4.83. The van der Waals surface area contributed by atoms with Crippen molar-refractivity contribution in [2.24, 2.45) is 5.41 Å². The van der Waals surface area contributed by atoms with Gasteiger partial charge in [-0.15, -0.1) is 31.2 Å². The monoisotopic (exact) mass is 529 g/mol. The predicted molar refractivity (Wildman–Crippen MR) is 148 cm³/mol. The van der Waals surface area contributed by atoms with E-state index < -0.39 is 0 Å². The molecular weight excluding hydrogens is 495 g/mol. The second-order valence-electron chi connectivity index (χ2n) is 8.90. The summed E-state index contributed by atoms with van der Waals surface area (Å²) in [6, 6.07) is 26.5. The Hall–Kier alpha value is -1.90. The van der Waals surface area contributed by atoms with Gasteiger partial charge in [-0.1, -0.05) is 26.8 Å². The number of aromatic hydroxyl groups is 1. The summed E-state index contributed by atoms with van der Waals surface area (Å²) >= 11 is 2.16. The average molecular weight is 530 g/mol. The van der Waals surface area contributed by atoms with E-state index in [1.54, 1.807) is 12.1 Å². The Morgan fingerprint density at radius 2 is 1.24 bits per heavy atom. The summed E-state index contributed by atoms with van der Waals surface area (Å²) in [5.41, 5.74) is 6.44. The van der Waals surface area contributed by atoms with Gasteiger partial charge in [0.15, 0.2) is 0 Å². The normalized spacial score (nSPS) is 11.4. The summed E-state index contributed by atoms with van der Waals surface area (Å²) in [7, 11) is 0. The topological polar surface area (TPSA) is 20.2 Å².